The molecule has 1 aromatic rings. The molecular formula is C13H18N2. The molecule has 2 heteroatoms. The van der Waals surface area contributed by atoms with Crippen LogP contribution in [0.4, 0.5) is 0 Å². The highest BCUT2D eigenvalue weighted by molar-refractivity contribution is 5.56. The predicted octanol–water partition coefficient (Wildman–Crippen LogP) is 1.69. The Kier molecular flexibility index (Phi) is 3.54. The molecule has 80 valence electrons. The Labute approximate surface area is 91.2 Å². The fourth-order valence-electron chi connectivity index (χ4n) is 2.02. The first-order valence-corrected chi connectivity index (χ1v) is 5.60. The summed E-state index contributed by atoms with van der Waals surface area (Å²) in [7, 11) is 0. The van der Waals surface area contributed by atoms with Crippen LogP contribution in [0.2, 0.25) is 0 Å². The molecule has 3 N–H and O–H groups in total. The molecule has 0 saturated carbocycles. The van der Waals surface area contributed by atoms with E-state index in [1.54, 1.807) is 0 Å². The van der Waals surface area contributed by atoms with Gasteiger partial charge in [-0.3, -0.25) is 0 Å². The Hall–Kier alpha value is -1.12. The molecule has 0 atom stereocenters. The third-order valence-corrected chi connectivity index (χ3v) is 2.81. The van der Waals surface area contributed by atoms with Crippen molar-refractivity contribution in [2.75, 3.05) is 13.1 Å². The van der Waals surface area contributed by atoms with Crippen LogP contribution in [0.25, 0.3) is 6.08 Å². The van der Waals surface area contributed by atoms with Crippen molar-refractivity contribution < 1.29 is 0 Å². The molecule has 1 aliphatic heterocycles. The summed E-state index contributed by atoms with van der Waals surface area (Å²) in [6.45, 7) is 2.83. The van der Waals surface area contributed by atoms with E-state index in [9.17, 15) is 0 Å². The lowest BCUT2D eigenvalue weighted by Crippen LogP contribution is -2.24. The van der Waals surface area contributed by atoms with Crippen molar-refractivity contribution in [3.8, 4) is 0 Å². The maximum atomic E-state index is 5.47. The van der Waals surface area contributed by atoms with Crippen LogP contribution < -0.4 is 11.1 Å². The van der Waals surface area contributed by atoms with Gasteiger partial charge in [-0.1, -0.05) is 30.4 Å². The van der Waals surface area contributed by atoms with E-state index in [-0.39, 0.29) is 0 Å². The van der Waals surface area contributed by atoms with Gasteiger partial charge >= 0.3 is 0 Å². The molecule has 0 aromatic heterocycles. The lowest BCUT2D eigenvalue weighted by Gasteiger charge is -2.18. The zero-order valence-electron chi connectivity index (χ0n) is 9.00. The largest absolute Gasteiger partial charge is 0.330 e. The van der Waals surface area contributed by atoms with Gasteiger partial charge in [0, 0.05) is 6.54 Å². The van der Waals surface area contributed by atoms with Gasteiger partial charge in [0.15, 0.2) is 0 Å². The first-order chi connectivity index (χ1) is 7.42. The van der Waals surface area contributed by atoms with Gasteiger partial charge in [0.25, 0.3) is 0 Å². The summed E-state index contributed by atoms with van der Waals surface area (Å²) in [4.78, 5) is 0. The third-order valence-electron chi connectivity index (χ3n) is 2.81. The standard InChI is InChI=1S/C13H18N2/c14-8-2-1-4-11-5-3-6-12-10-15-9-7-13(11)12/h1,3-6,15H,2,7-10,14H2. The molecule has 0 amide bonds. The molecular weight excluding hydrogens is 184 g/mol. The van der Waals surface area contributed by atoms with Gasteiger partial charge in [-0.25, -0.2) is 0 Å². The third kappa shape index (κ3) is 2.46. The van der Waals surface area contributed by atoms with E-state index >= 15 is 0 Å². The summed E-state index contributed by atoms with van der Waals surface area (Å²) in [6.07, 6.45) is 6.47. The second-order valence-electron chi connectivity index (χ2n) is 3.89. The molecule has 1 aromatic carbocycles. The van der Waals surface area contributed by atoms with E-state index in [4.69, 9.17) is 5.73 Å². The highest BCUT2D eigenvalue weighted by Crippen LogP contribution is 2.19. The zero-order chi connectivity index (χ0) is 10.5. The summed E-state index contributed by atoms with van der Waals surface area (Å²) < 4.78 is 0. The Bertz CT molecular complexity index is 356. The topological polar surface area (TPSA) is 38.0 Å². The number of hydrogen-bond acceptors (Lipinski definition) is 2. The van der Waals surface area contributed by atoms with Crippen LogP contribution in [0.3, 0.4) is 0 Å². The quantitative estimate of drug-likeness (QED) is 0.783. The van der Waals surface area contributed by atoms with Crippen molar-refractivity contribution >= 4 is 6.08 Å². The molecule has 0 aliphatic carbocycles. The van der Waals surface area contributed by atoms with Gasteiger partial charge in [-0.05, 0) is 42.6 Å². The molecule has 0 unspecified atom stereocenters. The number of rotatable bonds is 3. The molecule has 0 fully saturated rings. The monoisotopic (exact) mass is 202 g/mol. The van der Waals surface area contributed by atoms with E-state index in [2.05, 4.69) is 35.7 Å². The fourth-order valence-corrected chi connectivity index (χ4v) is 2.02. The van der Waals surface area contributed by atoms with E-state index in [0.717, 1.165) is 32.5 Å². The molecule has 1 heterocycles. The molecule has 2 rings (SSSR count). The SMILES string of the molecule is NCCC=Cc1cccc2c1CCNC2. The van der Waals surface area contributed by atoms with Crippen molar-refractivity contribution in [3.63, 3.8) is 0 Å². The van der Waals surface area contributed by atoms with Gasteiger partial charge in [-0.15, -0.1) is 0 Å². The lowest BCUT2D eigenvalue weighted by atomic mass is 9.95. The van der Waals surface area contributed by atoms with Gasteiger partial charge in [-0.2, -0.15) is 0 Å². The summed E-state index contributed by atoms with van der Waals surface area (Å²) in [5.41, 5.74) is 9.78. The number of hydrogen-bond donors (Lipinski definition) is 2. The summed E-state index contributed by atoms with van der Waals surface area (Å²) in [5, 5.41) is 3.39. The van der Waals surface area contributed by atoms with Crippen molar-refractivity contribution in [1.29, 1.82) is 0 Å². The van der Waals surface area contributed by atoms with Crippen molar-refractivity contribution in [1.82, 2.24) is 5.32 Å². The van der Waals surface area contributed by atoms with Gasteiger partial charge in [0.05, 0.1) is 0 Å². The minimum Gasteiger partial charge on any atom is -0.330 e. The average molecular weight is 202 g/mol. The van der Waals surface area contributed by atoms with Gasteiger partial charge in [0.1, 0.15) is 0 Å². The van der Waals surface area contributed by atoms with Crippen LogP contribution >= 0.6 is 0 Å². The Morgan fingerprint density at radius 1 is 1.40 bits per heavy atom. The highest BCUT2D eigenvalue weighted by Gasteiger charge is 2.10. The number of benzene rings is 1. The minimum atomic E-state index is 0.729. The molecule has 0 spiro atoms. The first kappa shape index (κ1) is 10.4. The van der Waals surface area contributed by atoms with Crippen LogP contribution in [0.1, 0.15) is 23.1 Å². The molecule has 2 nitrogen and oxygen atoms in total. The van der Waals surface area contributed by atoms with E-state index in [1.807, 2.05) is 0 Å². The van der Waals surface area contributed by atoms with Crippen molar-refractivity contribution in [2.45, 2.75) is 19.4 Å². The smallest absolute Gasteiger partial charge is 0.0208 e. The minimum absolute atomic E-state index is 0.729. The maximum Gasteiger partial charge on any atom is 0.0208 e. The number of nitrogens with two attached hydrogens (primary N) is 1. The zero-order valence-corrected chi connectivity index (χ0v) is 9.00. The van der Waals surface area contributed by atoms with Gasteiger partial charge in [0.2, 0.25) is 0 Å². The van der Waals surface area contributed by atoms with Crippen LogP contribution in [0, 0.1) is 0 Å². The van der Waals surface area contributed by atoms with E-state index < -0.39 is 0 Å². The first-order valence-electron chi connectivity index (χ1n) is 5.60. The molecule has 15 heavy (non-hydrogen) atoms. The van der Waals surface area contributed by atoms with Crippen molar-refractivity contribution in [3.05, 3.63) is 41.0 Å². The lowest BCUT2D eigenvalue weighted by molar-refractivity contribution is 0.643. The average Bonchev–Trinajstić information content (AvgIpc) is 2.30. The number of fused-ring (bicyclic) bond motifs is 1. The Morgan fingerprint density at radius 3 is 3.20 bits per heavy atom. The Balaban J connectivity index is 2.23. The molecule has 0 bridgehead atoms. The molecule has 0 saturated heterocycles. The molecule has 1 aliphatic rings. The Morgan fingerprint density at radius 2 is 2.33 bits per heavy atom. The highest BCUT2D eigenvalue weighted by atomic mass is 14.9. The summed E-state index contributed by atoms with van der Waals surface area (Å²) in [6, 6.07) is 6.53. The summed E-state index contributed by atoms with van der Waals surface area (Å²) >= 11 is 0. The fraction of sp³-hybridized carbons (Fsp3) is 0.385. The van der Waals surface area contributed by atoms with Crippen LogP contribution in [0.15, 0.2) is 24.3 Å². The van der Waals surface area contributed by atoms with Gasteiger partial charge < -0.3 is 11.1 Å². The van der Waals surface area contributed by atoms with Crippen LogP contribution in [-0.4, -0.2) is 13.1 Å². The summed E-state index contributed by atoms with van der Waals surface area (Å²) in [5.74, 6) is 0. The predicted molar refractivity (Wildman–Crippen MR) is 64.6 cm³/mol. The number of nitrogens with one attached hydrogen (secondary N) is 1. The normalized spacial score (nSPS) is 15.5. The molecule has 0 radical (unpaired) electrons. The van der Waals surface area contributed by atoms with E-state index in [1.165, 1.54) is 16.7 Å². The van der Waals surface area contributed by atoms with E-state index in [0.29, 0.717) is 0 Å². The van der Waals surface area contributed by atoms with Crippen LogP contribution in [0.5, 0.6) is 0 Å². The van der Waals surface area contributed by atoms with Crippen molar-refractivity contribution in [2.24, 2.45) is 5.73 Å². The van der Waals surface area contributed by atoms with Crippen LogP contribution in [-0.2, 0) is 13.0 Å². The second-order valence-corrected chi connectivity index (χ2v) is 3.89. The second kappa shape index (κ2) is 5.10. The maximum absolute atomic E-state index is 5.47.